The van der Waals surface area contributed by atoms with Crippen molar-refractivity contribution in [3.8, 4) is 33.7 Å². The van der Waals surface area contributed by atoms with Gasteiger partial charge in [-0.3, -0.25) is 9.97 Å². The van der Waals surface area contributed by atoms with Gasteiger partial charge in [-0.15, -0.1) is 0 Å². The van der Waals surface area contributed by atoms with E-state index in [4.69, 9.17) is 16.8 Å². The molecule has 0 saturated carbocycles. The molecule has 0 atom stereocenters. The number of aromatic nitrogens is 11. The molecule has 13 nitrogen and oxygen atoms in total. The van der Waals surface area contributed by atoms with Gasteiger partial charge in [0.05, 0.1) is 51.3 Å². The summed E-state index contributed by atoms with van der Waals surface area (Å²) < 4.78 is 95.1. The summed E-state index contributed by atoms with van der Waals surface area (Å²) in [5.41, 5.74) is 16.7. The van der Waals surface area contributed by atoms with E-state index in [1.54, 1.807) is 29.9 Å². The number of benzene rings is 4. The van der Waals surface area contributed by atoms with Crippen LogP contribution in [-0.4, -0.2) is 48.5 Å². The number of para-hydroxylation sites is 3. The van der Waals surface area contributed by atoms with E-state index in [0.29, 0.717) is 48.3 Å². The van der Waals surface area contributed by atoms with Gasteiger partial charge >= 0.3 is 23.0 Å². The van der Waals surface area contributed by atoms with Crippen LogP contribution in [0.25, 0.3) is 109 Å². The minimum atomic E-state index is -2.34. The van der Waals surface area contributed by atoms with Crippen LogP contribution in [-0.2, 0) is 60.6 Å². The van der Waals surface area contributed by atoms with Crippen molar-refractivity contribution in [2.45, 2.75) is 32.6 Å². The van der Waals surface area contributed by atoms with Crippen molar-refractivity contribution >= 4 is 109 Å². The van der Waals surface area contributed by atoms with Gasteiger partial charge in [-0.1, -0.05) is 102 Å². The van der Waals surface area contributed by atoms with Crippen LogP contribution >= 0.6 is 22.7 Å². The number of thiazole rings is 1. The lowest BCUT2D eigenvalue weighted by atomic mass is 10.0. The average Bonchev–Trinajstić information content (AvgIpc) is 1.59. The lowest BCUT2D eigenvalue weighted by molar-refractivity contribution is -0.644. The summed E-state index contributed by atoms with van der Waals surface area (Å²) in [4.78, 5) is 18.7. The summed E-state index contributed by atoms with van der Waals surface area (Å²) >= 11 is 3.15. The molecule has 16 heterocycles. The number of hydrogen-bond donors (Lipinski definition) is 0. The Bertz CT molecular complexity index is 5380. The molecule has 0 fully saturated rings. The highest BCUT2D eigenvalue weighted by atomic mass is 32.1. The Morgan fingerprint density at radius 1 is 0.550 bits per heavy atom. The highest BCUT2D eigenvalue weighted by Crippen LogP contribution is 2.43. The number of hydrogen-bond acceptors (Lipinski definition) is 7. The SMILES string of the molecule is Cn1c2c(c3ccccc31)CC1=[N+]2Cc2cccnc21.[2H]C([2H])([2H])[n+]1c2n(c3c4ccccc4oc31)Cc1cccnc1-2.[2H]C([2H])([2H])[n+]1c2n(c3c4ccccc4sc31)Cc1cccnc1-2.[2H]C([2H])([2H])n1c2ccccc2c2sc3[n+](c21)Cc1cccnc1-3. The van der Waals surface area contributed by atoms with Crippen molar-refractivity contribution < 1.29 is 35.0 Å². The highest BCUT2D eigenvalue weighted by molar-refractivity contribution is 7.25. The molecule has 80 heavy (non-hydrogen) atoms. The van der Waals surface area contributed by atoms with Crippen molar-refractivity contribution in [2.24, 2.45) is 28.0 Å². The predicted octanol–water partition coefficient (Wildman–Crippen LogP) is 11.6. The predicted molar refractivity (Wildman–Crippen MR) is 315 cm³/mol. The van der Waals surface area contributed by atoms with Crippen LogP contribution in [0.1, 0.15) is 45.8 Å². The molecule has 384 valence electrons. The lowest BCUT2D eigenvalue weighted by Crippen LogP contribution is -2.32. The maximum absolute atomic E-state index is 8.02. The molecule has 11 aromatic heterocycles. The van der Waals surface area contributed by atoms with Gasteiger partial charge in [0.1, 0.15) is 64.6 Å². The van der Waals surface area contributed by atoms with Crippen molar-refractivity contribution in [3.63, 3.8) is 0 Å². The van der Waals surface area contributed by atoms with Crippen LogP contribution in [0, 0.1) is 0 Å². The van der Waals surface area contributed by atoms with E-state index in [1.807, 2.05) is 114 Å². The third-order valence-corrected chi connectivity index (χ3v) is 18.7. The van der Waals surface area contributed by atoms with E-state index >= 15 is 0 Å². The summed E-state index contributed by atoms with van der Waals surface area (Å²) in [5, 5.41) is 5.42. The zero-order valence-corrected chi connectivity index (χ0v) is 44.4. The van der Waals surface area contributed by atoms with E-state index in [2.05, 4.69) is 87.7 Å². The number of furan rings is 1. The number of rotatable bonds is 0. The zero-order chi connectivity index (χ0) is 60.6. The Balaban J connectivity index is 0.0000000919. The van der Waals surface area contributed by atoms with Gasteiger partial charge in [0.2, 0.25) is 15.4 Å². The molecule has 15 aromatic rings. The standard InChI is InChI=1S/C17H14N3.C16H12N3O.2C16H12N3S/c1-19-14-7-3-2-6-12(14)13-9-15-16-11(5-4-8-18-16)10-20(15)17(13)19;1-18-15-13-10(5-4-8-17-13)9-19(15)14-11-6-2-3-7-12(11)20-16(14)18;1-18-12-7-3-2-6-11(12)14-15(18)19-9-10-5-4-8-17-13(10)16(19)20-14;1-18-15-13-10(5-4-8-17-13)9-19(15)14-11-6-2-3-7-12(11)20-16(14)18/h2-8H,9-10H2,1H3;3*2-8H,9H2,1H3/q4*+1/i;3*1D3. The molecule has 0 unspecified atom stereocenters. The molecule has 0 spiro atoms. The smallest absolute Gasteiger partial charge is 0.339 e. The zero-order valence-electron chi connectivity index (χ0n) is 51.8. The maximum atomic E-state index is 8.02. The molecule has 0 amide bonds. The van der Waals surface area contributed by atoms with Crippen molar-refractivity contribution in [1.29, 1.82) is 0 Å². The Hall–Kier alpha value is -9.44. The monoisotopic (exact) mass is 1090 g/mol. The van der Waals surface area contributed by atoms with Gasteiger partial charge in [0, 0.05) is 74.3 Å². The molecule has 0 bridgehead atoms. The topological polar surface area (TPSA) is 99.1 Å². The van der Waals surface area contributed by atoms with Gasteiger partial charge in [-0.05, 0) is 66.7 Å². The van der Waals surface area contributed by atoms with Gasteiger partial charge in [-0.25, -0.2) is 41.9 Å². The minimum absolute atomic E-state index is 0.373. The first-order chi connectivity index (χ1) is 43.0. The second-order valence-electron chi connectivity index (χ2n) is 20.6. The molecule has 20 rings (SSSR count). The summed E-state index contributed by atoms with van der Waals surface area (Å²) in [5.74, 6) is 2.62. The Labute approximate surface area is 478 Å². The van der Waals surface area contributed by atoms with Crippen molar-refractivity contribution in [3.05, 3.63) is 204 Å². The fourth-order valence-corrected chi connectivity index (χ4v) is 15.4. The maximum Gasteiger partial charge on any atom is 0.339 e. The number of nitrogens with zero attached hydrogens (tertiary/aromatic N) is 12. The van der Waals surface area contributed by atoms with Crippen molar-refractivity contribution in [1.82, 2.24) is 38.2 Å². The Morgan fingerprint density at radius 3 is 1.89 bits per heavy atom. The number of thiophene rings is 1. The van der Waals surface area contributed by atoms with Gasteiger partial charge in [-0.2, -0.15) is 4.57 Å². The van der Waals surface area contributed by atoms with Crippen molar-refractivity contribution in [2.75, 3.05) is 0 Å². The summed E-state index contributed by atoms with van der Waals surface area (Å²) in [6, 6.07) is 48.0. The third-order valence-electron chi connectivity index (χ3n) is 16.4. The number of imidazole rings is 2. The second kappa shape index (κ2) is 17.0. The molecule has 4 aromatic carbocycles. The highest BCUT2D eigenvalue weighted by Gasteiger charge is 2.41. The Kier molecular flexibility index (Phi) is 7.96. The largest absolute Gasteiger partial charge is 0.419 e. The lowest BCUT2D eigenvalue weighted by Gasteiger charge is -1.99. The van der Waals surface area contributed by atoms with Crippen LogP contribution < -0.4 is 13.7 Å². The summed E-state index contributed by atoms with van der Waals surface area (Å²) in [7, 11) is 2.17. The molecule has 0 radical (unpaired) electrons. The first kappa shape index (κ1) is 37.4. The quantitative estimate of drug-likeness (QED) is 0.141. The van der Waals surface area contributed by atoms with E-state index in [-0.39, 0.29) is 0 Å². The average molecular weight is 1090 g/mol. The number of fused-ring (bicyclic) bond motifs is 27. The van der Waals surface area contributed by atoms with Gasteiger partial charge < -0.3 is 4.42 Å². The first-order valence-electron chi connectivity index (χ1n) is 30.9. The summed E-state index contributed by atoms with van der Waals surface area (Å²) in [6.07, 6.45) is 8.09. The van der Waals surface area contributed by atoms with Gasteiger partial charge in [0.25, 0.3) is 5.82 Å². The molecule has 5 aliphatic heterocycles. The van der Waals surface area contributed by atoms with Crippen LogP contribution in [0.4, 0.5) is 5.82 Å². The van der Waals surface area contributed by atoms with E-state index in [0.717, 1.165) is 98.6 Å². The number of pyridine rings is 4. The van der Waals surface area contributed by atoms with E-state index in [1.165, 1.54) is 64.3 Å². The molecule has 0 saturated heterocycles. The third kappa shape index (κ3) is 6.32. The van der Waals surface area contributed by atoms with Crippen LogP contribution in [0.3, 0.4) is 0 Å². The van der Waals surface area contributed by atoms with E-state index < -0.39 is 20.9 Å². The molecule has 15 heteroatoms. The second-order valence-corrected chi connectivity index (χ2v) is 22.7. The van der Waals surface area contributed by atoms with Gasteiger partial charge in [0.15, 0.2) is 16.9 Å². The molecule has 0 N–H and O–H groups in total. The molecular weight excluding hydrogens is 1030 g/mol. The van der Waals surface area contributed by atoms with Crippen LogP contribution in [0.15, 0.2) is 175 Å². The van der Waals surface area contributed by atoms with Crippen LogP contribution in [0.2, 0.25) is 0 Å². The molecular formula is C65H50N12OS2+4. The minimum Gasteiger partial charge on any atom is -0.419 e. The fraction of sp³-hybridized carbons (Fsp3) is 0.138. The van der Waals surface area contributed by atoms with E-state index in [9.17, 15) is 0 Å². The molecule has 0 aliphatic carbocycles. The van der Waals surface area contributed by atoms with Crippen LogP contribution in [0.5, 0.6) is 0 Å². The Morgan fingerprint density at radius 2 is 1.15 bits per heavy atom. The number of aryl methyl sites for hydroxylation is 4. The molecule has 5 aliphatic rings. The summed E-state index contributed by atoms with van der Waals surface area (Å²) in [6.45, 7) is -3.91. The first-order valence-corrected chi connectivity index (χ1v) is 28.0. The normalized spacial score (nSPS) is 15.8. The fourth-order valence-electron chi connectivity index (χ4n) is 12.9.